The number of carbonyl (C=O) groups is 2. The van der Waals surface area contributed by atoms with Crippen molar-refractivity contribution in [2.75, 3.05) is 7.11 Å². The molecule has 0 unspecified atom stereocenters. The fourth-order valence-electron chi connectivity index (χ4n) is 1.89. The summed E-state index contributed by atoms with van der Waals surface area (Å²) in [5.41, 5.74) is -0.218. The van der Waals surface area contributed by atoms with Crippen molar-refractivity contribution in [1.82, 2.24) is 4.72 Å². The van der Waals surface area contributed by atoms with E-state index in [1.54, 1.807) is 0 Å². The van der Waals surface area contributed by atoms with E-state index in [2.05, 4.69) is 9.46 Å². The second kappa shape index (κ2) is 8.28. The molecule has 0 saturated heterocycles. The Hall–Kier alpha value is -1.64. The molecule has 7 nitrogen and oxygen atoms in total. The third-order valence-electron chi connectivity index (χ3n) is 3.08. The molecule has 23 heavy (non-hydrogen) atoms. The van der Waals surface area contributed by atoms with E-state index in [1.807, 2.05) is 6.92 Å². The topological polar surface area (TPSA) is 110 Å². The van der Waals surface area contributed by atoms with Gasteiger partial charge in [-0.15, -0.1) is 0 Å². The molecule has 0 fully saturated rings. The minimum absolute atomic E-state index is 0.0958. The Balaban J connectivity index is 3.24. The van der Waals surface area contributed by atoms with Gasteiger partial charge in [-0.1, -0.05) is 31.4 Å². The van der Waals surface area contributed by atoms with Crippen molar-refractivity contribution in [1.29, 1.82) is 0 Å². The number of hydrogen-bond donors (Lipinski definition) is 2. The van der Waals surface area contributed by atoms with E-state index in [0.29, 0.717) is 6.42 Å². The standard InChI is InChI=1S/C14H18ClNO6S/c1-3-4-5-11(13(17)18)16-23(20,21)12-8-9(15)6-7-10(12)14(19)22-2/h6-8,11,16H,3-5H2,1-2H3,(H,17,18)/t11-/m0/s1. The molecule has 9 heteroatoms. The van der Waals surface area contributed by atoms with Gasteiger partial charge < -0.3 is 9.84 Å². The minimum Gasteiger partial charge on any atom is -0.480 e. The lowest BCUT2D eigenvalue weighted by molar-refractivity contribution is -0.139. The molecule has 128 valence electrons. The van der Waals surface area contributed by atoms with Crippen LogP contribution in [0, 0.1) is 0 Å². The third-order valence-corrected chi connectivity index (χ3v) is 4.83. The number of unbranched alkanes of at least 4 members (excludes halogenated alkanes) is 1. The summed E-state index contributed by atoms with van der Waals surface area (Å²) in [5.74, 6) is -2.15. The number of hydrogen-bond acceptors (Lipinski definition) is 5. The van der Waals surface area contributed by atoms with Gasteiger partial charge in [-0.3, -0.25) is 4.79 Å². The van der Waals surface area contributed by atoms with Gasteiger partial charge in [-0.25, -0.2) is 13.2 Å². The maximum Gasteiger partial charge on any atom is 0.339 e. The molecule has 0 radical (unpaired) electrons. The molecule has 0 aliphatic rings. The van der Waals surface area contributed by atoms with Gasteiger partial charge in [0.15, 0.2) is 0 Å². The van der Waals surface area contributed by atoms with E-state index in [-0.39, 0.29) is 17.0 Å². The first kappa shape index (κ1) is 19.4. The van der Waals surface area contributed by atoms with Crippen LogP contribution in [0.5, 0.6) is 0 Å². The summed E-state index contributed by atoms with van der Waals surface area (Å²) in [6.07, 6.45) is 1.40. The van der Waals surface area contributed by atoms with Crippen LogP contribution in [-0.4, -0.2) is 38.6 Å². The highest BCUT2D eigenvalue weighted by Gasteiger charge is 2.29. The highest BCUT2D eigenvalue weighted by atomic mass is 35.5. The van der Waals surface area contributed by atoms with Crippen LogP contribution in [0.2, 0.25) is 5.02 Å². The van der Waals surface area contributed by atoms with Gasteiger partial charge in [-0.2, -0.15) is 4.72 Å². The van der Waals surface area contributed by atoms with Crippen LogP contribution in [0.25, 0.3) is 0 Å². The Labute approximate surface area is 139 Å². The Bertz CT molecular complexity index is 689. The highest BCUT2D eigenvalue weighted by molar-refractivity contribution is 7.89. The van der Waals surface area contributed by atoms with Crippen molar-refractivity contribution >= 4 is 33.6 Å². The lowest BCUT2D eigenvalue weighted by atomic mass is 10.1. The molecule has 0 heterocycles. The molecule has 1 aromatic carbocycles. The molecule has 0 aliphatic heterocycles. The number of benzene rings is 1. The number of halogens is 1. The summed E-state index contributed by atoms with van der Waals surface area (Å²) >= 11 is 5.79. The predicted molar refractivity (Wildman–Crippen MR) is 84.1 cm³/mol. The smallest absolute Gasteiger partial charge is 0.339 e. The predicted octanol–water partition coefficient (Wildman–Crippen LogP) is 2.05. The fourth-order valence-corrected chi connectivity index (χ4v) is 3.57. The lowest BCUT2D eigenvalue weighted by Gasteiger charge is -2.16. The summed E-state index contributed by atoms with van der Waals surface area (Å²) in [6.45, 7) is 1.86. The molecule has 2 N–H and O–H groups in total. The van der Waals surface area contributed by atoms with Gasteiger partial charge in [-0.05, 0) is 24.6 Å². The maximum absolute atomic E-state index is 12.5. The van der Waals surface area contributed by atoms with Crippen LogP contribution in [0.1, 0.15) is 36.5 Å². The molecule has 0 aliphatic carbocycles. The van der Waals surface area contributed by atoms with Crippen LogP contribution < -0.4 is 4.72 Å². The number of methoxy groups -OCH3 is 1. The van der Waals surface area contributed by atoms with Crippen LogP contribution in [0.4, 0.5) is 0 Å². The zero-order chi connectivity index (χ0) is 17.6. The molecule has 0 amide bonds. The van der Waals surface area contributed by atoms with Gasteiger partial charge in [0.25, 0.3) is 0 Å². The number of carboxylic acids is 1. The molecule has 0 bridgehead atoms. The van der Waals surface area contributed by atoms with Crippen LogP contribution >= 0.6 is 11.6 Å². The summed E-state index contributed by atoms with van der Waals surface area (Å²) in [6, 6.07) is 2.35. The van der Waals surface area contributed by atoms with Crippen molar-refractivity contribution in [2.45, 2.75) is 37.1 Å². The van der Waals surface area contributed by atoms with E-state index in [4.69, 9.17) is 16.7 Å². The van der Waals surface area contributed by atoms with E-state index in [9.17, 15) is 18.0 Å². The van der Waals surface area contributed by atoms with E-state index >= 15 is 0 Å². The van der Waals surface area contributed by atoms with Crippen LogP contribution in [0.3, 0.4) is 0 Å². The number of aliphatic carboxylic acids is 1. The van der Waals surface area contributed by atoms with Gasteiger partial charge in [0.2, 0.25) is 10.0 Å². The quantitative estimate of drug-likeness (QED) is 0.684. The molecule has 1 atom stereocenters. The average Bonchev–Trinajstić information content (AvgIpc) is 2.50. The van der Waals surface area contributed by atoms with Gasteiger partial charge >= 0.3 is 11.9 Å². The SMILES string of the molecule is CCCC[C@H](NS(=O)(=O)c1cc(Cl)ccc1C(=O)OC)C(=O)O. The van der Waals surface area contributed by atoms with Crippen molar-refractivity contribution in [3.8, 4) is 0 Å². The van der Waals surface area contributed by atoms with Crippen molar-refractivity contribution in [3.05, 3.63) is 28.8 Å². The van der Waals surface area contributed by atoms with Crippen molar-refractivity contribution < 1.29 is 27.9 Å². The molecule has 0 aromatic heterocycles. The average molecular weight is 364 g/mol. The van der Waals surface area contributed by atoms with Crippen LogP contribution in [0.15, 0.2) is 23.1 Å². The molecular weight excluding hydrogens is 346 g/mol. The fraction of sp³-hybridized carbons (Fsp3) is 0.429. The first-order valence-corrected chi connectivity index (χ1v) is 8.72. The number of carbonyl (C=O) groups excluding carboxylic acids is 1. The Morgan fingerprint density at radius 2 is 2.04 bits per heavy atom. The molecular formula is C14H18ClNO6S. The monoisotopic (exact) mass is 363 g/mol. The number of rotatable bonds is 8. The number of ether oxygens (including phenoxy) is 1. The minimum atomic E-state index is -4.26. The normalized spacial score (nSPS) is 12.7. The van der Waals surface area contributed by atoms with Crippen LogP contribution in [-0.2, 0) is 19.6 Å². The Kier molecular flexibility index (Phi) is 6.99. The summed E-state index contributed by atoms with van der Waals surface area (Å²) < 4.78 is 31.6. The van der Waals surface area contributed by atoms with E-state index < -0.39 is 32.9 Å². The number of sulfonamides is 1. The molecule has 1 rings (SSSR count). The largest absolute Gasteiger partial charge is 0.480 e. The molecule has 1 aromatic rings. The zero-order valence-corrected chi connectivity index (χ0v) is 14.3. The van der Waals surface area contributed by atoms with Gasteiger partial charge in [0.1, 0.15) is 6.04 Å². The second-order valence-corrected chi connectivity index (χ2v) is 6.91. The highest BCUT2D eigenvalue weighted by Crippen LogP contribution is 2.22. The van der Waals surface area contributed by atoms with E-state index in [0.717, 1.165) is 19.6 Å². The zero-order valence-electron chi connectivity index (χ0n) is 12.7. The summed E-state index contributed by atoms with van der Waals surface area (Å²) in [7, 11) is -3.15. The van der Waals surface area contributed by atoms with Crippen molar-refractivity contribution in [2.24, 2.45) is 0 Å². The first-order valence-electron chi connectivity index (χ1n) is 6.86. The number of nitrogens with one attached hydrogen (secondary N) is 1. The summed E-state index contributed by atoms with van der Waals surface area (Å²) in [5, 5.41) is 9.24. The molecule has 0 spiro atoms. The lowest BCUT2D eigenvalue weighted by Crippen LogP contribution is -2.41. The maximum atomic E-state index is 12.5. The Morgan fingerprint density at radius 3 is 2.57 bits per heavy atom. The number of carboxylic acid groups (broad SMARTS) is 1. The Morgan fingerprint density at radius 1 is 1.39 bits per heavy atom. The number of esters is 1. The second-order valence-electron chi connectivity index (χ2n) is 4.79. The summed E-state index contributed by atoms with van der Waals surface area (Å²) in [4.78, 5) is 22.5. The van der Waals surface area contributed by atoms with Crippen molar-refractivity contribution in [3.63, 3.8) is 0 Å². The van der Waals surface area contributed by atoms with Gasteiger partial charge in [0.05, 0.1) is 17.6 Å². The van der Waals surface area contributed by atoms with E-state index in [1.165, 1.54) is 12.1 Å². The van der Waals surface area contributed by atoms with Gasteiger partial charge in [0, 0.05) is 5.02 Å². The first-order chi connectivity index (χ1) is 10.7. The third kappa shape index (κ3) is 5.19. The molecule has 0 saturated carbocycles.